The molecular formula is C15H23F3N2O. The third-order valence-corrected chi connectivity index (χ3v) is 2.87. The highest BCUT2D eigenvalue weighted by molar-refractivity contribution is 5.33. The number of aliphatic hydroxyl groups is 1. The highest BCUT2D eigenvalue weighted by Gasteiger charge is 2.37. The topological polar surface area (TPSA) is 45.1 Å². The lowest BCUT2D eigenvalue weighted by atomic mass is 9.89. The maximum Gasteiger partial charge on any atom is 0.416 e. The Morgan fingerprint density at radius 2 is 1.62 bits per heavy atom. The molecule has 1 atom stereocenters. The summed E-state index contributed by atoms with van der Waals surface area (Å²) in [5, 5.41) is 12.8. The van der Waals surface area contributed by atoms with Crippen LogP contribution < -0.4 is 5.32 Å². The molecule has 1 aromatic rings. The Morgan fingerprint density at radius 1 is 1.10 bits per heavy atom. The van der Waals surface area contributed by atoms with E-state index >= 15 is 0 Å². The maximum absolute atomic E-state index is 13.2. The molecular weight excluding hydrogens is 281 g/mol. The minimum absolute atomic E-state index is 0.259. The number of nitrogens with one attached hydrogen (secondary N) is 1. The van der Waals surface area contributed by atoms with Gasteiger partial charge in [0.1, 0.15) is 6.23 Å². The van der Waals surface area contributed by atoms with Crippen molar-refractivity contribution >= 4 is 0 Å². The van der Waals surface area contributed by atoms with Crippen LogP contribution in [0.5, 0.6) is 0 Å². The lowest BCUT2D eigenvalue weighted by Crippen LogP contribution is -2.39. The molecule has 0 radical (unpaired) electrons. The Hall–Kier alpha value is -1.14. The molecule has 3 nitrogen and oxygen atoms in total. The van der Waals surface area contributed by atoms with Crippen LogP contribution >= 0.6 is 0 Å². The summed E-state index contributed by atoms with van der Waals surface area (Å²) < 4.78 is 39.7. The number of rotatable bonds is 2. The summed E-state index contributed by atoms with van der Waals surface area (Å²) in [6, 6.07) is 1.02. The fourth-order valence-corrected chi connectivity index (χ4v) is 1.83. The minimum Gasteiger partial charge on any atom is -0.374 e. The maximum atomic E-state index is 13.2. The molecule has 0 amide bonds. The quantitative estimate of drug-likeness (QED) is 0.817. The van der Waals surface area contributed by atoms with Crippen LogP contribution in [0.25, 0.3) is 0 Å². The lowest BCUT2D eigenvalue weighted by molar-refractivity contribution is -0.139. The summed E-state index contributed by atoms with van der Waals surface area (Å²) in [6.07, 6.45) is -4.87. The summed E-state index contributed by atoms with van der Waals surface area (Å²) in [5.41, 5.74) is -1.80. The van der Waals surface area contributed by atoms with E-state index < -0.39 is 28.9 Å². The number of hydrogen-bond donors (Lipinski definition) is 2. The van der Waals surface area contributed by atoms with E-state index in [-0.39, 0.29) is 5.56 Å². The van der Waals surface area contributed by atoms with Crippen molar-refractivity contribution in [3.8, 4) is 0 Å². The number of hydrogen-bond acceptors (Lipinski definition) is 3. The fraction of sp³-hybridized carbons (Fsp3) is 0.667. The first-order valence-electron chi connectivity index (χ1n) is 6.75. The van der Waals surface area contributed by atoms with Crippen molar-refractivity contribution in [2.75, 3.05) is 0 Å². The molecule has 0 saturated carbocycles. The van der Waals surface area contributed by atoms with Crippen LogP contribution in [-0.2, 0) is 11.6 Å². The minimum atomic E-state index is -4.54. The van der Waals surface area contributed by atoms with Gasteiger partial charge in [-0.15, -0.1) is 0 Å². The van der Waals surface area contributed by atoms with Crippen LogP contribution in [0.15, 0.2) is 12.3 Å². The van der Waals surface area contributed by atoms with E-state index in [1.54, 1.807) is 41.5 Å². The smallest absolute Gasteiger partial charge is 0.374 e. The van der Waals surface area contributed by atoms with Gasteiger partial charge in [0, 0.05) is 28.4 Å². The van der Waals surface area contributed by atoms with Gasteiger partial charge in [-0.05, 0) is 26.8 Å². The number of alkyl halides is 3. The Labute approximate surface area is 123 Å². The molecule has 0 aliphatic heterocycles. The summed E-state index contributed by atoms with van der Waals surface area (Å²) in [5.74, 6) is 0. The SMILES string of the molecule is CC(C)(C)NC(O)c1cnc(C(C)(C)C)cc1C(F)(F)F. The summed E-state index contributed by atoms with van der Waals surface area (Å²) in [4.78, 5) is 4.08. The predicted octanol–water partition coefficient (Wildman–Crippen LogP) is 3.78. The molecule has 0 spiro atoms. The van der Waals surface area contributed by atoms with E-state index in [4.69, 9.17) is 0 Å². The van der Waals surface area contributed by atoms with E-state index in [1.807, 2.05) is 0 Å². The van der Waals surface area contributed by atoms with Gasteiger partial charge in [0.25, 0.3) is 0 Å². The molecule has 0 saturated heterocycles. The van der Waals surface area contributed by atoms with Gasteiger partial charge in [-0.1, -0.05) is 20.8 Å². The zero-order chi connectivity index (χ0) is 16.6. The second-order valence-corrected chi connectivity index (χ2v) is 7.20. The number of aromatic nitrogens is 1. The van der Waals surface area contributed by atoms with Crippen molar-refractivity contribution < 1.29 is 18.3 Å². The molecule has 1 aromatic heterocycles. The third kappa shape index (κ3) is 4.97. The monoisotopic (exact) mass is 304 g/mol. The van der Waals surface area contributed by atoms with E-state index in [2.05, 4.69) is 10.3 Å². The molecule has 0 bridgehead atoms. The first-order chi connectivity index (χ1) is 9.22. The standard InChI is InChI=1S/C15H23F3N2O/c1-13(2,3)11-7-10(15(16,17)18)9(8-19-11)12(21)20-14(4,5)6/h7-8,12,20-21H,1-6H3. The van der Waals surface area contributed by atoms with E-state index in [0.29, 0.717) is 5.69 Å². The molecule has 2 N–H and O–H groups in total. The molecule has 0 aliphatic rings. The second kappa shape index (κ2) is 5.57. The van der Waals surface area contributed by atoms with Crippen molar-refractivity contribution in [2.24, 2.45) is 0 Å². The zero-order valence-corrected chi connectivity index (χ0v) is 13.3. The molecule has 0 aromatic carbocycles. The average molecular weight is 304 g/mol. The average Bonchev–Trinajstić information content (AvgIpc) is 2.23. The predicted molar refractivity (Wildman–Crippen MR) is 75.8 cm³/mol. The zero-order valence-electron chi connectivity index (χ0n) is 13.3. The first kappa shape index (κ1) is 17.9. The van der Waals surface area contributed by atoms with Crippen LogP contribution in [0.3, 0.4) is 0 Å². The second-order valence-electron chi connectivity index (χ2n) is 7.20. The van der Waals surface area contributed by atoms with Crippen LogP contribution in [0, 0.1) is 0 Å². The largest absolute Gasteiger partial charge is 0.416 e. The molecule has 1 heterocycles. The normalized spacial score (nSPS) is 15.1. The Kier molecular flexibility index (Phi) is 4.75. The highest BCUT2D eigenvalue weighted by Crippen LogP contribution is 2.36. The summed E-state index contributed by atoms with van der Waals surface area (Å²) in [6.45, 7) is 10.7. The van der Waals surface area contributed by atoms with Gasteiger partial charge < -0.3 is 5.11 Å². The van der Waals surface area contributed by atoms with Crippen LogP contribution in [0.4, 0.5) is 13.2 Å². The van der Waals surface area contributed by atoms with Crippen molar-refractivity contribution in [1.82, 2.24) is 10.3 Å². The van der Waals surface area contributed by atoms with E-state index in [9.17, 15) is 18.3 Å². The highest BCUT2D eigenvalue weighted by atomic mass is 19.4. The van der Waals surface area contributed by atoms with Gasteiger partial charge in [0.2, 0.25) is 0 Å². The number of nitrogens with zero attached hydrogens (tertiary/aromatic N) is 1. The molecule has 0 fully saturated rings. The Balaban J connectivity index is 3.33. The Morgan fingerprint density at radius 3 is 2.00 bits per heavy atom. The van der Waals surface area contributed by atoms with E-state index in [0.717, 1.165) is 12.3 Å². The molecule has 1 rings (SSSR count). The van der Waals surface area contributed by atoms with Gasteiger partial charge in [-0.3, -0.25) is 10.3 Å². The molecule has 21 heavy (non-hydrogen) atoms. The fourth-order valence-electron chi connectivity index (χ4n) is 1.83. The number of pyridine rings is 1. The van der Waals surface area contributed by atoms with Crippen molar-refractivity contribution in [2.45, 2.75) is 64.9 Å². The van der Waals surface area contributed by atoms with Gasteiger partial charge in [-0.2, -0.15) is 13.2 Å². The lowest BCUT2D eigenvalue weighted by Gasteiger charge is -2.28. The van der Waals surface area contributed by atoms with Crippen molar-refractivity contribution in [1.29, 1.82) is 0 Å². The first-order valence-corrected chi connectivity index (χ1v) is 6.75. The van der Waals surface area contributed by atoms with Crippen LogP contribution in [-0.4, -0.2) is 15.6 Å². The molecule has 1 unspecified atom stereocenters. The van der Waals surface area contributed by atoms with E-state index in [1.165, 1.54) is 0 Å². The summed E-state index contributed by atoms with van der Waals surface area (Å²) in [7, 11) is 0. The van der Waals surface area contributed by atoms with Crippen LogP contribution in [0.2, 0.25) is 0 Å². The van der Waals surface area contributed by atoms with Crippen molar-refractivity contribution in [3.05, 3.63) is 29.1 Å². The van der Waals surface area contributed by atoms with Gasteiger partial charge >= 0.3 is 6.18 Å². The molecule has 6 heteroatoms. The Bertz CT molecular complexity index is 499. The molecule has 120 valence electrons. The van der Waals surface area contributed by atoms with Crippen molar-refractivity contribution in [3.63, 3.8) is 0 Å². The third-order valence-electron chi connectivity index (χ3n) is 2.87. The van der Waals surface area contributed by atoms with Crippen LogP contribution in [0.1, 0.15) is 64.6 Å². The number of aliphatic hydroxyl groups excluding tert-OH is 1. The molecule has 0 aliphatic carbocycles. The van der Waals surface area contributed by atoms with Gasteiger partial charge in [-0.25, -0.2) is 0 Å². The summed E-state index contributed by atoms with van der Waals surface area (Å²) >= 11 is 0. The van der Waals surface area contributed by atoms with Gasteiger partial charge in [0.05, 0.1) is 5.56 Å². The van der Waals surface area contributed by atoms with Gasteiger partial charge in [0.15, 0.2) is 0 Å². The number of halogens is 3.